The van der Waals surface area contributed by atoms with Gasteiger partial charge < -0.3 is 10.2 Å². The van der Waals surface area contributed by atoms with Gasteiger partial charge in [0, 0.05) is 45.6 Å². The third kappa shape index (κ3) is 3.24. The van der Waals surface area contributed by atoms with Crippen LogP contribution in [0.4, 0.5) is 0 Å². The monoisotopic (exact) mass is 420 g/mol. The van der Waals surface area contributed by atoms with Crippen LogP contribution in [0.3, 0.4) is 0 Å². The first-order chi connectivity index (χ1) is 13.7. The maximum absolute atomic E-state index is 12.9. The van der Waals surface area contributed by atoms with E-state index in [0.29, 0.717) is 31.6 Å². The predicted molar refractivity (Wildman–Crippen MR) is 107 cm³/mol. The number of pyridine rings is 1. The molecule has 0 radical (unpaired) electrons. The molecular formula is C20H28N4O4S. The zero-order valence-corrected chi connectivity index (χ0v) is 17.7. The number of nitrogens with zero attached hydrogens (tertiary/aromatic N) is 3. The van der Waals surface area contributed by atoms with Crippen molar-refractivity contribution in [1.82, 2.24) is 19.5 Å². The molecule has 3 fully saturated rings. The van der Waals surface area contributed by atoms with Gasteiger partial charge in [0.1, 0.15) is 0 Å². The number of hydrogen-bond donors (Lipinski definition) is 1. The standard InChI is InChI=1S/C20H28N4O4S/c1-21-18(26)20-6-5-19(16(20)13-24(14-20)29(2,27)28)7-10-23(11-8-19)17(25)15-4-3-9-22-12-15/h3-4,9,12,16H,5-8,10-11,13-14H2,1-2H3,(H,21,26)/t16-,20+/m0/s1. The highest BCUT2D eigenvalue weighted by Gasteiger charge is 2.65. The van der Waals surface area contributed by atoms with E-state index in [0.717, 1.165) is 19.3 Å². The summed E-state index contributed by atoms with van der Waals surface area (Å²) >= 11 is 0. The van der Waals surface area contributed by atoms with Gasteiger partial charge in [0.25, 0.3) is 5.91 Å². The molecule has 0 unspecified atom stereocenters. The molecule has 9 heteroatoms. The Morgan fingerprint density at radius 1 is 1.21 bits per heavy atom. The van der Waals surface area contributed by atoms with Gasteiger partial charge in [-0.3, -0.25) is 14.6 Å². The van der Waals surface area contributed by atoms with Gasteiger partial charge in [0.05, 0.1) is 17.2 Å². The van der Waals surface area contributed by atoms with Gasteiger partial charge in [-0.15, -0.1) is 0 Å². The molecule has 158 valence electrons. The smallest absolute Gasteiger partial charge is 0.255 e. The number of rotatable bonds is 3. The molecule has 3 aliphatic rings. The summed E-state index contributed by atoms with van der Waals surface area (Å²) in [4.78, 5) is 31.5. The fourth-order valence-electron chi connectivity index (χ4n) is 5.82. The second-order valence-electron chi connectivity index (χ2n) is 8.74. The number of hydrogen-bond acceptors (Lipinski definition) is 5. The van der Waals surface area contributed by atoms with Crippen LogP contribution in [0.15, 0.2) is 24.5 Å². The molecule has 2 atom stereocenters. The second kappa shape index (κ2) is 7.05. The third-order valence-electron chi connectivity index (χ3n) is 7.42. The van der Waals surface area contributed by atoms with Crippen molar-refractivity contribution in [1.29, 1.82) is 0 Å². The number of sulfonamides is 1. The Labute approximate surface area is 171 Å². The van der Waals surface area contributed by atoms with Crippen molar-refractivity contribution >= 4 is 21.8 Å². The van der Waals surface area contributed by atoms with E-state index in [9.17, 15) is 18.0 Å². The normalized spacial score (nSPS) is 29.0. The van der Waals surface area contributed by atoms with Gasteiger partial charge in [-0.2, -0.15) is 0 Å². The lowest BCUT2D eigenvalue weighted by molar-refractivity contribution is -0.132. The van der Waals surface area contributed by atoms with Crippen LogP contribution in [0.1, 0.15) is 36.0 Å². The molecule has 1 N–H and O–H groups in total. The third-order valence-corrected chi connectivity index (χ3v) is 8.64. The first-order valence-corrected chi connectivity index (χ1v) is 11.9. The molecule has 1 spiro atoms. The van der Waals surface area contributed by atoms with E-state index in [1.54, 1.807) is 31.6 Å². The summed E-state index contributed by atoms with van der Waals surface area (Å²) in [6, 6.07) is 3.53. The fraction of sp³-hybridized carbons (Fsp3) is 0.650. The fourth-order valence-corrected chi connectivity index (χ4v) is 6.70. The molecule has 1 saturated carbocycles. The van der Waals surface area contributed by atoms with E-state index >= 15 is 0 Å². The van der Waals surface area contributed by atoms with Crippen molar-refractivity contribution in [2.45, 2.75) is 25.7 Å². The van der Waals surface area contributed by atoms with Crippen LogP contribution in [-0.2, 0) is 14.8 Å². The highest BCUT2D eigenvalue weighted by molar-refractivity contribution is 7.88. The molecular weight excluding hydrogens is 392 g/mol. The second-order valence-corrected chi connectivity index (χ2v) is 10.7. The largest absolute Gasteiger partial charge is 0.359 e. The molecule has 29 heavy (non-hydrogen) atoms. The number of nitrogens with one attached hydrogen (secondary N) is 1. The summed E-state index contributed by atoms with van der Waals surface area (Å²) in [5.41, 5.74) is -0.177. The Balaban J connectivity index is 1.55. The average molecular weight is 421 g/mol. The Bertz CT molecular complexity index is 912. The number of carbonyl (C=O) groups is 2. The highest BCUT2D eigenvalue weighted by Crippen LogP contribution is 2.62. The average Bonchev–Trinajstić information content (AvgIpc) is 3.26. The summed E-state index contributed by atoms with van der Waals surface area (Å²) in [7, 11) is -1.74. The zero-order chi connectivity index (χ0) is 20.9. The van der Waals surface area contributed by atoms with Gasteiger partial charge in [-0.25, -0.2) is 12.7 Å². The molecule has 1 aliphatic carbocycles. The number of carbonyl (C=O) groups excluding carboxylic acids is 2. The summed E-state index contributed by atoms with van der Waals surface area (Å²) in [5.74, 6) is -0.0904. The summed E-state index contributed by atoms with van der Waals surface area (Å²) in [6.45, 7) is 1.89. The van der Waals surface area contributed by atoms with Crippen LogP contribution in [0, 0.1) is 16.7 Å². The number of likely N-dealkylation sites (tertiary alicyclic amines) is 1. The lowest BCUT2D eigenvalue weighted by Crippen LogP contribution is -2.49. The quantitative estimate of drug-likeness (QED) is 0.777. The van der Waals surface area contributed by atoms with Crippen LogP contribution < -0.4 is 5.32 Å². The number of fused-ring (bicyclic) bond motifs is 2. The minimum Gasteiger partial charge on any atom is -0.359 e. The van der Waals surface area contributed by atoms with Gasteiger partial charge in [-0.05, 0) is 49.1 Å². The van der Waals surface area contributed by atoms with Crippen LogP contribution in [0.2, 0.25) is 0 Å². The van der Waals surface area contributed by atoms with Gasteiger partial charge in [0.15, 0.2) is 0 Å². The van der Waals surface area contributed by atoms with Crippen molar-refractivity contribution in [2.75, 3.05) is 39.5 Å². The lowest BCUT2D eigenvalue weighted by Gasteiger charge is -2.44. The first-order valence-electron chi connectivity index (χ1n) is 10.1. The van der Waals surface area contributed by atoms with E-state index in [1.807, 2.05) is 4.90 Å². The van der Waals surface area contributed by atoms with Crippen LogP contribution >= 0.6 is 0 Å². The first kappa shape index (κ1) is 20.3. The van der Waals surface area contributed by atoms with E-state index in [4.69, 9.17) is 0 Å². The Morgan fingerprint density at radius 3 is 2.52 bits per heavy atom. The highest BCUT2D eigenvalue weighted by atomic mass is 32.2. The van der Waals surface area contributed by atoms with E-state index < -0.39 is 15.4 Å². The van der Waals surface area contributed by atoms with E-state index in [-0.39, 0.29) is 29.7 Å². The molecule has 8 nitrogen and oxygen atoms in total. The number of amides is 2. The van der Waals surface area contributed by atoms with Crippen LogP contribution in [-0.4, -0.2) is 73.9 Å². The maximum Gasteiger partial charge on any atom is 0.255 e. The Hall–Kier alpha value is -2.00. The molecule has 2 amide bonds. The predicted octanol–water partition coefficient (Wildman–Crippen LogP) is 0.722. The molecule has 0 aromatic carbocycles. The minimum atomic E-state index is -3.36. The number of aromatic nitrogens is 1. The van der Waals surface area contributed by atoms with Gasteiger partial charge in [-0.1, -0.05) is 0 Å². The van der Waals surface area contributed by atoms with Crippen molar-refractivity contribution in [3.8, 4) is 0 Å². The van der Waals surface area contributed by atoms with Crippen molar-refractivity contribution in [3.63, 3.8) is 0 Å². The molecule has 1 aromatic rings. The molecule has 2 aliphatic heterocycles. The van der Waals surface area contributed by atoms with E-state index in [2.05, 4.69) is 10.3 Å². The molecule has 2 saturated heterocycles. The number of piperidine rings is 1. The molecule has 4 rings (SSSR count). The molecule has 0 bridgehead atoms. The zero-order valence-electron chi connectivity index (χ0n) is 16.9. The molecule has 3 heterocycles. The van der Waals surface area contributed by atoms with E-state index in [1.165, 1.54) is 10.6 Å². The SMILES string of the molecule is CNC(=O)[C@@]12CCC3(CCN(C(=O)c4cccnc4)CC3)[C@@H]1CN(S(C)(=O)=O)C2. The molecule has 1 aromatic heterocycles. The van der Waals surface area contributed by atoms with Gasteiger partial charge >= 0.3 is 0 Å². The summed E-state index contributed by atoms with van der Waals surface area (Å²) in [6.07, 6.45) is 7.62. The summed E-state index contributed by atoms with van der Waals surface area (Å²) < 4.78 is 25.9. The minimum absolute atomic E-state index is 0.0136. The topological polar surface area (TPSA) is 99.7 Å². The summed E-state index contributed by atoms with van der Waals surface area (Å²) in [5, 5.41) is 2.78. The maximum atomic E-state index is 12.9. The Morgan fingerprint density at radius 2 is 1.93 bits per heavy atom. The van der Waals surface area contributed by atoms with Crippen LogP contribution in [0.5, 0.6) is 0 Å². The van der Waals surface area contributed by atoms with Gasteiger partial charge in [0.2, 0.25) is 15.9 Å². The van der Waals surface area contributed by atoms with Crippen molar-refractivity contribution in [2.24, 2.45) is 16.7 Å². The lowest BCUT2D eigenvalue weighted by atomic mass is 9.65. The van der Waals surface area contributed by atoms with Crippen molar-refractivity contribution < 1.29 is 18.0 Å². The van der Waals surface area contributed by atoms with Crippen molar-refractivity contribution in [3.05, 3.63) is 30.1 Å². The van der Waals surface area contributed by atoms with Crippen LogP contribution in [0.25, 0.3) is 0 Å². The Kier molecular flexibility index (Phi) is 4.93.